The molecule has 0 amide bonds. The minimum atomic E-state index is 0.397. The SMILES string of the molecule is COc1ccccc1-c1coc(C2CCNC2)n1. The fraction of sp³-hybridized carbons (Fsp3) is 0.357. The van der Waals surface area contributed by atoms with E-state index in [9.17, 15) is 0 Å². The predicted octanol–water partition coefficient (Wildman–Crippen LogP) is 2.43. The number of nitrogens with zero attached hydrogens (tertiary/aromatic N) is 1. The Bertz CT molecular complexity index is 530. The molecule has 1 aliphatic heterocycles. The van der Waals surface area contributed by atoms with Crippen molar-refractivity contribution in [2.75, 3.05) is 20.2 Å². The van der Waals surface area contributed by atoms with Gasteiger partial charge in [-0.05, 0) is 25.1 Å². The fourth-order valence-corrected chi connectivity index (χ4v) is 2.32. The smallest absolute Gasteiger partial charge is 0.199 e. The second-order valence-corrected chi connectivity index (χ2v) is 4.46. The van der Waals surface area contributed by atoms with E-state index in [1.54, 1.807) is 13.4 Å². The highest BCUT2D eigenvalue weighted by molar-refractivity contribution is 5.66. The number of nitrogens with one attached hydrogen (secondary N) is 1. The van der Waals surface area contributed by atoms with Gasteiger partial charge in [-0.1, -0.05) is 12.1 Å². The zero-order valence-electron chi connectivity index (χ0n) is 10.3. The number of hydrogen-bond acceptors (Lipinski definition) is 4. The highest BCUT2D eigenvalue weighted by Gasteiger charge is 2.22. The molecule has 1 aromatic carbocycles. The summed E-state index contributed by atoms with van der Waals surface area (Å²) >= 11 is 0. The van der Waals surface area contributed by atoms with E-state index in [2.05, 4.69) is 10.3 Å². The molecular formula is C14H16N2O2. The number of oxazole rings is 1. The largest absolute Gasteiger partial charge is 0.496 e. The quantitative estimate of drug-likeness (QED) is 0.900. The van der Waals surface area contributed by atoms with E-state index in [1.165, 1.54) is 0 Å². The average molecular weight is 244 g/mol. The maximum atomic E-state index is 5.60. The van der Waals surface area contributed by atoms with Crippen molar-refractivity contribution in [3.63, 3.8) is 0 Å². The molecule has 2 heterocycles. The van der Waals surface area contributed by atoms with Gasteiger partial charge in [0, 0.05) is 18.0 Å². The first-order chi connectivity index (χ1) is 8.88. The fourth-order valence-electron chi connectivity index (χ4n) is 2.32. The minimum absolute atomic E-state index is 0.397. The van der Waals surface area contributed by atoms with Crippen molar-refractivity contribution in [2.45, 2.75) is 12.3 Å². The predicted molar refractivity (Wildman–Crippen MR) is 68.7 cm³/mol. The first-order valence-corrected chi connectivity index (χ1v) is 6.18. The molecule has 0 radical (unpaired) electrons. The van der Waals surface area contributed by atoms with Gasteiger partial charge in [0.05, 0.1) is 7.11 Å². The molecule has 0 spiro atoms. The number of methoxy groups -OCH3 is 1. The molecule has 18 heavy (non-hydrogen) atoms. The van der Waals surface area contributed by atoms with Gasteiger partial charge in [-0.3, -0.25) is 0 Å². The molecule has 1 fully saturated rings. The highest BCUT2D eigenvalue weighted by atomic mass is 16.5. The summed E-state index contributed by atoms with van der Waals surface area (Å²) in [6.07, 6.45) is 2.80. The standard InChI is InChI=1S/C14H16N2O2/c1-17-13-5-3-2-4-11(13)12-9-18-14(16-12)10-6-7-15-8-10/h2-5,9-10,15H,6-8H2,1H3. The van der Waals surface area contributed by atoms with Crippen LogP contribution in [0.5, 0.6) is 5.75 Å². The van der Waals surface area contributed by atoms with E-state index in [1.807, 2.05) is 24.3 Å². The molecule has 4 heteroatoms. The summed E-state index contributed by atoms with van der Waals surface area (Å²) in [5.74, 6) is 2.04. The zero-order valence-corrected chi connectivity index (χ0v) is 10.3. The molecule has 1 N–H and O–H groups in total. The third-order valence-electron chi connectivity index (χ3n) is 3.31. The Kier molecular flexibility index (Phi) is 3.02. The van der Waals surface area contributed by atoms with E-state index in [0.717, 1.165) is 42.4 Å². The van der Waals surface area contributed by atoms with Crippen LogP contribution in [0.3, 0.4) is 0 Å². The van der Waals surface area contributed by atoms with Gasteiger partial charge in [0.15, 0.2) is 5.89 Å². The lowest BCUT2D eigenvalue weighted by Crippen LogP contribution is -2.08. The second-order valence-electron chi connectivity index (χ2n) is 4.46. The van der Waals surface area contributed by atoms with Crippen molar-refractivity contribution in [1.82, 2.24) is 10.3 Å². The second kappa shape index (κ2) is 4.82. The Labute approximate surface area is 106 Å². The molecule has 1 saturated heterocycles. The van der Waals surface area contributed by atoms with Crippen molar-refractivity contribution < 1.29 is 9.15 Å². The summed E-state index contributed by atoms with van der Waals surface area (Å²) in [7, 11) is 1.67. The molecule has 4 nitrogen and oxygen atoms in total. The summed E-state index contributed by atoms with van der Waals surface area (Å²) in [5, 5.41) is 3.32. The van der Waals surface area contributed by atoms with Gasteiger partial charge in [0.1, 0.15) is 17.7 Å². The molecule has 2 aromatic rings. The first kappa shape index (κ1) is 11.3. The lowest BCUT2D eigenvalue weighted by molar-refractivity contribution is 0.416. The first-order valence-electron chi connectivity index (χ1n) is 6.18. The number of para-hydroxylation sites is 1. The topological polar surface area (TPSA) is 47.3 Å². The van der Waals surface area contributed by atoms with Crippen LogP contribution in [0.1, 0.15) is 18.2 Å². The van der Waals surface area contributed by atoms with Gasteiger partial charge in [-0.25, -0.2) is 4.98 Å². The molecule has 1 unspecified atom stereocenters. The van der Waals surface area contributed by atoms with Crippen molar-refractivity contribution in [3.05, 3.63) is 36.4 Å². The van der Waals surface area contributed by atoms with Gasteiger partial charge in [-0.15, -0.1) is 0 Å². The molecule has 94 valence electrons. The number of hydrogen-bond donors (Lipinski definition) is 1. The summed E-state index contributed by atoms with van der Waals surface area (Å²) in [6.45, 7) is 1.99. The average Bonchev–Trinajstić information content (AvgIpc) is 3.09. The number of rotatable bonds is 3. The Balaban J connectivity index is 1.92. The van der Waals surface area contributed by atoms with E-state index in [-0.39, 0.29) is 0 Å². The third kappa shape index (κ3) is 1.99. The van der Waals surface area contributed by atoms with Crippen LogP contribution in [0, 0.1) is 0 Å². The lowest BCUT2D eigenvalue weighted by atomic mass is 10.1. The summed E-state index contributed by atoms with van der Waals surface area (Å²) in [5.41, 5.74) is 1.82. The minimum Gasteiger partial charge on any atom is -0.496 e. The molecule has 1 aliphatic rings. The molecule has 1 atom stereocenters. The Hall–Kier alpha value is -1.81. The van der Waals surface area contributed by atoms with Gasteiger partial charge >= 0.3 is 0 Å². The van der Waals surface area contributed by atoms with Crippen molar-refractivity contribution >= 4 is 0 Å². The Morgan fingerprint density at radius 1 is 1.39 bits per heavy atom. The number of aromatic nitrogens is 1. The van der Waals surface area contributed by atoms with Crippen molar-refractivity contribution in [3.8, 4) is 17.0 Å². The van der Waals surface area contributed by atoms with Gasteiger partial charge in [0.25, 0.3) is 0 Å². The molecule has 0 saturated carbocycles. The highest BCUT2D eigenvalue weighted by Crippen LogP contribution is 2.31. The molecule has 1 aromatic heterocycles. The van der Waals surface area contributed by atoms with Gasteiger partial charge in [-0.2, -0.15) is 0 Å². The van der Waals surface area contributed by atoms with E-state index < -0.39 is 0 Å². The number of ether oxygens (including phenoxy) is 1. The zero-order chi connectivity index (χ0) is 12.4. The summed E-state index contributed by atoms with van der Waals surface area (Å²) in [6, 6.07) is 7.85. The molecule has 3 rings (SSSR count). The maximum Gasteiger partial charge on any atom is 0.199 e. The van der Waals surface area contributed by atoms with Crippen LogP contribution in [-0.2, 0) is 0 Å². The van der Waals surface area contributed by atoms with Crippen LogP contribution in [0.25, 0.3) is 11.3 Å². The van der Waals surface area contributed by atoms with Crippen LogP contribution in [0.15, 0.2) is 34.9 Å². The Morgan fingerprint density at radius 2 is 2.28 bits per heavy atom. The molecular weight excluding hydrogens is 228 g/mol. The summed E-state index contributed by atoms with van der Waals surface area (Å²) < 4.78 is 10.9. The van der Waals surface area contributed by atoms with Crippen LogP contribution in [0.4, 0.5) is 0 Å². The maximum absolute atomic E-state index is 5.60. The molecule has 0 aliphatic carbocycles. The monoisotopic (exact) mass is 244 g/mol. The van der Waals surface area contributed by atoms with Crippen LogP contribution in [0.2, 0.25) is 0 Å². The Morgan fingerprint density at radius 3 is 3.06 bits per heavy atom. The van der Waals surface area contributed by atoms with Crippen molar-refractivity contribution in [2.24, 2.45) is 0 Å². The van der Waals surface area contributed by atoms with Crippen LogP contribution < -0.4 is 10.1 Å². The van der Waals surface area contributed by atoms with Crippen LogP contribution >= 0.6 is 0 Å². The summed E-state index contributed by atoms with van der Waals surface area (Å²) in [4.78, 5) is 4.58. The van der Waals surface area contributed by atoms with Gasteiger partial charge < -0.3 is 14.5 Å². The normalized spacial score (nSPS) is 19.1. The van der Waals surface area contributed by atoms with E-state index in [0.29, 0.717) is 5.92 Å². The molecule has 0 bridgehead atoms. The third-order valence-corrected chi connectivity index (χ3v) is 3.31. The van der Waals surface area contributed by atoms with E-state index >= 15 is 0 Å². The van der Waals surface area contributed by atoms with Crippen LogP contribution in [-0.4, -0.2) is 25.2 Å². The van der Waals surface area contributed by atoms with Crippen molar-refractivity contribution in [1.29, 1.82) is 0 Å². The van der Waals surface area contributed by atoms with E-state index in [4.69, 9.17) is 9.15 Å². The van der Waals surface area contributed by atoms with Gasteiger partial charge in [0.2, 0.25) is 0 Å². The lowest BCUT2D eigenvalue weighted by Gasteiger charge is -2.04. The number of benzene rings is 1.